The number of carbonyl (C=O) groups is 1. The predicted molar refractivity (Wildman–Crippen MR) is 70.5 cm³/mol. The highest BCUT2D eigenvalue weighted by atomic mass is 79.9. The van der Waals surface area contributed by atoms with E-state index in [1.54, 1.807) is 4.90 Å². The predicted octanol–water partition coefficient (Wildman–Crippen LogP) is 1.10. The van der Waals surface area contributed by atoms with Crippen LogP contribution in [0.4, 0.5) is 0 Å². The van der Waals surface area contributed by atoms with Gasteiger partial charge in [0.15, 0.2) is 0 Å². The van der Waals surface area contributed by atoms with E-state index in [-0.39, 0.29) is 18.6 Å². The van der Waals surface area contributed by atoms with Crippen LogP contribution in [0.5, 0.6) is 0 Å². The standard InChI is InChI=1S/C12H17BrN2O3/c1-2-14-6-9(13)5-11(14)12(17)15-3-4-18-10(7-15)8-16/h5-6,10,16H,2-4,7-8H2,1H3. The zero-order chi connectivity index (χ0) is 13.1. The Hall–Kier alpha value is -0.850. The molecule has 1 unspecified atom stereocenters. The van der Waals surface area contributed by atoms with Gasteiger partial charge < -0.3 is 19.3 Å². The molecular weight excluding hydrogens is 300 g/mol. The molecule has 100 valence electrons. The molecule has 1 amide bonds. The molecule has 2 heterocycles. The van der Waals surface area contributed by atoms with Gasteiger partial charge in [0.05, 0.1) is 19.3 Å². The van der Waals surface area contributed by atoms with Gasteiger partial charge in [-0.15, -0.1) is 0 Å². The largest absolute Gasteiger partial charge is 0.394 e. The number of aryl methyl sites for hydroxylation is 1. The summed E-state index contributed by atoms with van der Waals surface area (Å²) in [5.41, 5.74) is 0.669. The van der Waals surface area contributed by atoms with Gasteiger partial charge in [-0.05, 0) is 28.9 Å². The van der Waals surface area contributed by atoms with Crippen molar-refractivity contribution in [3.05, 3.63) is 22.4 Å². The van der Waals surface area contributed by atoms with Crippen LogP contribution < -0.4 is 0 Å². The molecule has 0 aliphatic carbocycles. The van der Waals surface area contributed by atoms with Crippen LogP contribution >= 0.6 is 15.9 Å². The third-order valence-corrected chi connectivity index (χ3v) is 3.49. The third kappa shape index (κ3) is 2.76. The fourth-order valence-corrected chi connectivity index (χ4v) is 2.56. The lowest BCUT2D eigenvalue weighted by Gasteiger charge is -2.32. The van der Waals surface area contributed by atoms with E-state index in [4.69, 9.17) is 9.84 Å². The number of morpholine rings is 1. The van der Waals surface area contributed by atoms with Crippen molar-refractivity contribution < 1.29 is 14.6 Å². The van der Waals surface area contributed by atoms with Crippen LogP contribution in [0.25, 0.3) is 0 Å². The van der Waals surface area contributed by atoms with Crippen molar-refractivity contribution in [3.8, 4) is 0 Å². The highest BCUT2D eigenvalue weighted by Crippen LogP contribution is 2.18. The van der Waals surface area contributed by atoms with Crippen molar-refractivity contribution in [1.29, 1.82) is 0 Å². The van der Waals surface area contributed by atoms with Crippen molar-refractivity contribution in [2.75, 3.05) is 26.3 Å². The Morgan fingerprint density at radius 1 is 1.67 bits per heavy atom. The highest BCUT2D eigenvalue weighted by molar-refractivity contribution is 9.10. The smallest absolute Gasteiger partial charge is 0.270 e. The Balaban J connectivity index is 2.14. The number of ether oxygens (including phenoxy) is 1. The first-order valence-corrected chi connectivity index (χ1v) is 6.82. The van der Waals surface area contributed by atoms with E-state index in [1.807, 2.05) is 23.8 Å². The number of hydrogen-bond acceptors (Lipinski definition) is 3. The quantitative estimate of drug-likeness (QED) is 0.908. The van der Waals surface area contributed by atoms with Gasteiger partial charge in [0, 0.05) is 30.3 Å². The molecule has 0 radical (unpaired) electrons. The third-order valence-electron chi connectivity index (χ3n) is 3.05. The molecule has 0 spiro atoms. The van der Waals surface area contributed by atoms with Gasteiger partial charge in [0.25, 0.3) is 5.91 Å². The molecule has 1 aromatic rings. The SMILES string of the molecule is CCn1cc(Br)cc1C(=O)N1CCOC(CO)C1. The molecule has 1 aliphatic rings. The van der Waals surface area contributed by atoms with Crippen molar-refractivity contribution in [3.63, 3.8) is 0 Å². The van der Waals surface area contributed by atoms with Crippen LogP contribution in [0.15, 0.2) is 16.7 Å². The van der Waals surface area contributed by atoms with Gasteiger partial charge in [0.1, 0.15) is 5.69 Å². The van der Waals surface area contributed by atoms with Crippen LogP contribution in [-0.4, -0.2) is 52.9 Å². The Bertz CT molecular complexity index is 433. The number of hydrogen-bond donors (Lipinski definition) is 1. The Morgan fingerprint density at radius 2 is 2.44 bits per heavy atom. The van der Waals surface area contributed by atoms with Crippen molar-refractivity contribution in [2.24, 2.45) is 0 Å². The molecule has 2 rings (SSSR count). The van der Waals surface area contributed by atoms with Gasteiger partial charge in [-0.2, -0.15) is 0 Å². The number of halogens is 1. The normalized spacial score (nSPS) is 20.2. The van der Waals surface area contributed by atoms with Crippen LogP contribution in [0.1, 0.15) is 17.4 Å². The minimum Gasteiger partial charge on any atom is -0.394 e. The number of nitrogens with zero attached hydrogens (tertiary/aromatic N) is 2. The summed E-state index contributed by atoms with van der Waals surface area (Å²) in [5, 5.41) is 9.09. The van der Waals surface area contributed by atoms with E-state index in [9.17, 15) is 4.79 Å². The second-order valence-corrected chi connectivity index (χ2v) is 5.17. The summed E-state index contributed by atoms with van der Waals surface area (Å²) in [6.07, 6.45) is 1.63. The molecule has 18 heavy (non-hydrogen) atoms. The highest BCUT2D eigenvalue weighted by Gasteiger charge is 2.26. The molecule has 0 saturated carbocycles. The first-order chi connectivity index (χ1) is 8.65. The molecule has 1 fully saturated rings. The lowest BCUT2D eigenvalue weighted by molar-refractivity contribution is -0.0449. The maximum Gasteiger partial charge on any atom is 0.270 e. The number of aliphatic hydroxyl groups is 1. The van der Waals surface area contributed by atoms with E-state index in [0.29, 0.717) is 25.4 Å². The average molecular weight is 317 g/mol. The summed E-state index contributed by atoms with van der Waals surface area (Å²) in [7, 11) is 0. The molecule has 1 aromatic heterocycles. The summed E-state index contributed by atoms with van der Waals surface area (Å²) >= 11 is 3.39. The topological polar surface area (TPSA) is 54.7 Å². The molecule has 0 bridgehead atoms. The van der Waals surface area contributed by atoms with Crippen molar-refractivity contribution in [1.82, 2.24) is 9.47 Å². The minimum atomic E-state index is -0.267. The molecule has 6 heteroatoms. The lowest BCUT2D eigenvalue weighted by atomic mass is 10.2. The number of aliphatic hydroxyl groups excluding tert-OH is 1. The zero-order valence-corrected chi connectivity index (χ0v) is 11.9. The van der Waals surface area contributed by atoms with Gasteiger partial charge in [0.2, 0.25) is 0 Å². The monoisotopic (exact) mass is 316 g/mol. The van der Waals surface area contributed by atoms with E-state index >= 15 is 0 Å². The van der Waals surface area contributed by atoms with E-state index < -0.39 is 0 Å². The molecule has 1 saturated heterocycles. The second kappa shape index (κ2) is 5.86. The molecule has 0 aromatic carbocycles. The van der Waals surface area contributed by atoms with Gasteiger partial charge >= 0.3 is 0 Å². The molecule has 5 nitrogen and oxygen atoms in total. The van der Waals surface area contributed by atoms with Crippen molar-refractivity contribution >= 4 is 21.8 Å². The summed E-state index contributed by atoms with van der Waals surface area (Å²) < 4.78 is 8.16. The summed E-state index contributed by atoms with van der Waals surface area (Å²) in [5.74, 6) is -0.00991. The molecule has 1 N–H and O–H groups in total. The Labute approximate surface area is 114 Å². The fourth-order valence-electron chi connectivity index (χ4n) is 2.09. The number of aromatic nitrogens is 1. The maximum absolute atomic E-state index is 12.4. The Morgan fingerprint density at radius 3 is 3.11 bits per heavy atom. The van der Waals surface area contributed by atoms with Crippen LogP contribution in [-0.2, 0) is 11.3 Å². The van der Waals surface area contributed by atoms with Gasteiger partial charge in [-0.3, -0.25) is 4.79 Å². The summed E-state index contributed by atoms with van der Waals surface area (Å²) in [6.45, 7) is 4.19. The summed E-state index contributed by atoms with van der Waals surface area (Å²) in [6, 6.07) is 1.83. The average Bonchev–Trinajstić information content (AvgIpc) is 2.79. The van der Waals surface area contributed by atoms with Crippen LogP contribution in [0, 0.1) is 0 Å². The van der Waals surface area contributed by atoms with E-state index in [0.717, 1.165) is 11.0 Å². The first kappa shape index (κ1) is 13.6. The van der Waals surface area contributed by atoms with Gasteiger partial charge in [-0.25, -0.2) is 0 Å². The molecule has 1 aliphatic heterocycles. The van der Waals surface area contributed by atoms with Crippen LogP contribution in [0.3, 0.4) is 0 Å². The maximum atomic E-state index is 12.4. The van der Waals surface area contributed by atoms with E-state index in [1.165, 1.54) is 0 Å². The molecule has 1 atom stereocenters. The lowest BCUT2D eigenvalue weighted by Crippen LogP contribution is -2.47. The van der Waals surface area contributed by atoms with Crippen molar-refractivity contribution in [2.45, 2.75) is 19.6 Å². The van der Waals surface area contributed by atoms with Crippen LogP contribution in [0.2, 0.25) is 0 Å². The fraction of sp³-hybridized carbons (Fsp3) is 0.583. The second-order valence-electron chi connectivity index (χ2n) is 4.26. The van der Waals surface area contributed by atoms with E-state index in [2.05, 4.69) is 15.9 Å². The van der Waals surface area contributed by atoms with Gasteiger partial charge in [-0.1, -0.05) is 0 Å². The number of amides is 1. The number of rotatable bonds is 3. The summed E-state index contributed by atoms with van der Waals surface area (Å²) in [4.78, 5) is 14.1. The minimum absolute atomic E-state index is 0.00991. The number of carbonyl (C=O) groups excluding carboxylic acids is 1. The molecular formula is C12H17BrN2O3. The Kier molecular flexibility index (Phi) is 4.42. The zero-order valence-electron chi connectivity index (χ0n) is 10.3. The first-order valence-electron chi connectivity index (χ1n) is 6.03.